The molecule has 4 heterocycles. The number of fused-ring (bicyclic) bond motifs is 2. The second-order valence-corrected chi connectivity index (χ2v) is 10.6. The van der Waals surface area contributed by atoms with E-state index in [0.717, 1.165) is 18.1 Å². The van der Waals surface area contributed by atoms with Crippen molar-refractivity contribution in [2.24, 2.45) is 4.99 Å². The molecule has 0 aromatic heterocycles. The number of benzene rings is 1. The lowest BCUT2D eigenvalue weighted by molar-refractivity contribution is -0.156. The van der Waals surface area contributed by atoms with Gasteiger partial charge in [-0.05, 0) is 54.7 Å². The molecule has 2 saturated heterocycles. The number of piperazine rings is 1. The van der Waals surface area contributed by atoms with Gasteiger partial charge >= 0.3 is 12.1 Å². The molecule has 0 aliphatic carbocycles. The van der Waals surface area contributed by atoms with E-state index in [-0.39, 0.29) is 36.5 Å². The van der Waals surface area contributed by atoms with E-state index < -0.39 is 28.8 Å². The van der Waals surface area contributed by atoms with Crippen molar-refractivity contribution in [3.8, 4) is 0 Å². The second kappa shape index (κ2) is 9.56. The molecule has 0 spiro atoms. The fourth-order valence-corrected chi connectivity index (χ4v) is 6.52. The van der Waals surface area contributed by atoms with Gasteiger partial charge in [0.05, 0.1) is 17.1 Å². The summed E-state index contributed by atoms with van der Waals surface area (Å²) in [6.45, 7) is 1.90. The summed E-state index contributed by atoms with van der Waals surface area (Å²) in [7, 11) is 0. The number of carboxylic acids is 1. The summed E-state index contributed by atoms with van der Waals surface area (Å²) in [5, 5.41) is 13.3. The van der Waals surface area contributed by atoms with Crippen LogP contribution < -0.4 is 5.32 Å². The molecule has 0 radical (unpaired) electrons. The molecule has 3 atom stereocenters. The van der Waals surface area contributed by atoms with Crippen molar-refractivity contribution in [2.45, 2.75) is 49.0 Å². The molecule has 5 rings (SSSR count). The summed E-state index contributed by atoms with van der Waals surface area (Å²) in [6.07, 6.45) is 4.24. The molecule has 4 aliphatic heterocycles. The maximum Gasteiger partial charge on any atom is 0.417 e. The van der Waals surface area contributed by atoms with Crippen molar-refractivity contribution in [2.75, 3.05) is 32.7 Å². The number of carboxylic acid groups (broad SMARTS) is 1. The summed E-state index contributed by atoms with van der Waals surface area (Å²) in [6, 6.07) is 3.85. The highest BCUT2D eigenvalue weighted by Gasteiger charge is 2.60. The van der Waals surface area contributed by atoms with Crippen molar-refractivity contribution in [3.63, 3.8) is 0 Å². The second-order valence-electron chi connectivity index (χ2n) is 10.2. The first-order valence-corrected chi connectivity index (χ1v) is 12.7. The van der Waals surface area contributed by atoms with E-state index in [1.54, 1.807) is 35.4 Å². The van der Waals surface area contributed by atoms with Crippen molar-refractivity contribution in [3.05, 3.63) is 52.6 Å². The first kappa shape index (κ1) is 25.9. The number of amides is 1. The average molecular weight is 537 g/mol. The zero-order valence-electron chi connectivity index (χ0n) is 20.1. The molecule has 1 amide bonds. The smallest absolute Gasteiger partial charge is 0.417 e. The van der Waals surface area contributed by atoms with E-state index in [1.807, 2.05) is 4.90 Å². The van der Waals surface area contributed by atoms with Gasteiger partial charge in [-0.25, -0.2) is 4.79 Å². The third-order valence-electron chi connectivity index (χ3n) is 8.03. The van der Waals surface area contributed by atoms with Crippen molar-refractivity contribution in [1.82, 2.24) is 15.1 Å². The zero-order valence-corrected chi connectivity index (χ0v) is 20.9. The van der Waals surface area contributed by atoms with Crippen LogP contribution >= 0.6 is 11.6 Å². The third kappa shape index (κ3) is 4.59. The number of allylic oxidation sites excluding steroid dienone is 1. The van der Waals surface area contributed by atoms with E-state index in [2.05, 4.69) is 10.3 Å². The Hall–Kier alpha value is -2.69. The van der Waals surface area contributed by atoms with Gasteiger partial charge in [0.25, 0.3) is 0 Å². The van der Waals surface area contributed by atoms with Crippen LogP contribution in [0, 0.1) is 0 Å². The summed E-state index contributed by atoms with van der Waals surface area (Å²) >= 11 is 5.75. The number of carbonyl (C=O) groups excluding carboxylic acids is 1. The molecule has 2 N–H and O–H groups in total. The predicted molar refractivity (Wildman–Crippen MR) is 134 cm³/mol. The number of nitrogens with zero attached hydrogens (tertiary/aromatic N) is 3. The van der Waals surface area contributed by atoms with Crippen LogP contribution in [0.3, 0.4) is 0 Å². The molecule has 1 aromatic rings. The summed E-state index contributed by atoms with van der Waals surface area (Å²) in [4.78, 5) is 34.0. The van der Waals surface area contributed by atoms with Crippen LogP contribution in [0.25, 0.3) is 5.57 Å². The highest BCUT2D eigenvalue weighted by molar-refractivity contribution is 6.31. The normalized spacial score (nSPS) is 29.9. The Bertz CT molecular complexity index is 1200. The van der Waals surface area contributed by atoms with E-state index in [9.17, 15) is 27.9 Å². The van der Waals surface area contributed by atoms with Crippen LogP contribution in [-0.2, 0) is 15.8 Å². The standard InChI is InChI=1S/C26H28ClF3N4O3/c27-21-3-2-18(12-20(21)26(28,29)30)17-5-10-33(11-6-17)22(35)13-24-8-4-19(14-32-15-24)34(24)25(23(36)37)7-1-9-31-16-25/h1-3,5,7,9,12,19,32H,4,6,8,10-11,13-16H2,(H,36,37). The Morgan fingerprint density at radius 2 is 2.11 bits per heavy atom. The molecule has 2 bridgehead atoms. The Kier molecular flexibility index (Phi) is 6.70. The highest BCUT2D eigenvalue weighted by atomic mass is 35.5. The largest absolute Gasteiger partial charge is 0.480 e. The molecule has 4 aliphatic rings. The lowest BCUT2D eigenvalue weighted by Crippen LogP contribution is -2.72. The summed E-state index contributed by atoms with van der Waals surface area (Å²) in [5.74, 6) is -1.07. The minimum absolute atomic E-state index is 0.0174. The Labute approximate surface area is 217 Å². The molecule has 3 unspecified atom stereocenters. The molecular formula is C26H28ClF3N4O3. The quantitative estimate of drug-likeness (QED) is 0.600. The van der Waals surface area contributed by atoms with Gasteiger partial charge in [-0.3, -0.25) is 14.7 Å². The molecule has 37 heavy (non-hydrogen) atoms. The minimum Gasteiger partial charge on any atom is -0.480 e. The Morgan fingerprint density at radius 1 is 1.30 bits per heavy atom. The summed E-state index contributed by atoms with van der Waals surface area (Å²) < 4.78 is 39.9. The van der Waals surface area contributed by atoms with Gasteiger partial charge in [-0.15, -0.1) is 0 Å². The molecule has 198 valence electrons. The first-order valence-electron chi connectivity index (χ1n) is 12.3. The number of hydrogen-bond donors (Lipinski definition) is 2. The molecule has 7 nitrogen and oxygen atoms in total. The van der Waals surface area contributed by atoms with Crippen LogP contribution in [-0.4, -0.2) is 82.8 Å². The van der Waals surface area contributed by atoms with Crippen LogP contribution in [0.15, 0.2) is 41.4 Å². The number of dihydropyridines is 1. The predicted octanol–water partition coefficient (Wildman–Crippen LogP) is 3.64. The minimum atomic E-state index is -4.55. The maximum absolute atomic E-state index is 13.5. The number of halogens is 4. The van der Waals surface area contributed by atoms with E-state index in [4.69, 9.17) is 11.6 Å². The molecule has 0 saturated carbocycles. The van der Waals surface area contributed by atoms with Gasteiger partial charge in [0.1, 0.15) is 0 Å². The van der Waals surface area contributed by atoms with Crippen molar-refractivity contribution < 1.29 is 27.9 Å². The van der Waals surface area contributed by atoms with Gasteiger partial charge in [0, 0.05) is 50.4 Å². The molecule has 11 heteroatoms. The topological polar surface area (TPSA) is 85.2 Å². The van der Waals surface area contributed by atoms with Gasteiger partial charge in [0.2, 0.25) is 5.91 Å². The van der Waals surface area contributed by atoms with Crippen molar-refractivity contribution in [1.29, 1.82) is 0 Å². The van der Waals surface area contributed by atoms with E-state index in [0.29, 0.717) is 38.0 Å². The Balaban J connectivity index is 1.34. The number of alkyl halides is 3. The summed E-state index contributed by atoms with van der Waals surface area (Å²) in [5.41, 5.74) is -1.65. The number of aliphatic imine (C=N–C) groups is 1. The monoisotopic (exact) mass is 536 g/mol. The fraction of sp³-hybridized carbons (Fsp3) is 0.500. The number of aliphatic carboxylic acids is 1. The van der Waals surface area contributed by atoms with E-state index in [1.165, 1.54) is 6.07 Å². The van der Waals surface area contributed by atoms with Crippen LogP contribution in [0.4, 0.5) is 13.2 Å². The van der Waals surface area contributed by atoms with Crippen LogP contribution in [0.1, 0.15) is 36.8 Å². The number of nitrogens with one attached hydrogen (secondary N) is 1. The number of hydrogen-bond acceptors (Lipinski definition) is 5. The van der Waals surface area contributed by atoms with Gasteiger partial charge < -0.3 is 15.3 Å². The van der Waals surface area contributed by atoms with Gasteiger partial charge in [-0.2, -0.15) is 13.2 Å². The fourth-order valence-electron chi connectivity index (χ4n) is 6.30. The maximum atomic E-state index is 13.5. The highest BCUT2D eigenvalue weighted by Crippen LogP contribution is 2.45. The van der Waals surface area contributed by atoms with Gasteiger partial charge in [-0.1, -0.05) is 23.7 Å². The molecule has 2 fully saturated rings. The molecular weight excluding hydrogens is 509 g/mol. The average Bonchev–Trinajstić information content (AvgIpc) is 3.09. The number of carbonyl (C=O) groups is 2. The molecule has 1 aromatic carbocycles. The van der Waals surface area contributed by atoms with Gasteiger partial charge in [0.15, 0.2) is 5.54 Å². The lowest BCUT2D eigenvalue weighted by atomic mass is 9.83. The number of rotatable bonds is 5. The third-order valence-corrected chi connectivity index (χ3v) is 8.36. The Morgan fingerprint density at radius 3 is 2.76 bits per heavy atom. The lowest BCUT2D eigenvalue weighted by Gasteiger charge is -2.52. The van der Waals surface area contributed by atoms with E-state index >= 15 is 0 Å². The van der Waals surface area contributed by atoms with Crippen LogP contribution in [0.5, 0.6) is 0 Å². The zero-order chi connectivity index (χ0) is 26.4. The first-order chi connectivity index (χ1) is 17.6. The SMILES string of the molecule is O=C(CC12CCC(CNC1)N2C1(C(=O)O)C=CC=NC1)N1CC=C(c2ccc(Cl)c(C(F)(F)F)c2)CC1. The van der Waals surface area contributed by atoms with Crippen molar-refractivity contribution >= 4 is 35.3 Å². The van der Waals surface area contributed by atoms with Crippen LogP contribution in [0.2, 0.25) is 5.02 Å².